The summed E-state index contributed by atoms with van der Waals surface area (Å²) in [5, 5.41) is 12.7. The summed E-state index contributed by atoms with van der Waals surface area (Å²) >= 11 is 0. The third kappa shape index (κ3) is 5.83. The van der Waals surface area contributed by atoms with Crippen molar-refractivity contribution in [3.8, 4) is 11.5 Å². The van der Waals surface area contributed by atoms with Crippen LogP contribution in [0.5, 0.6) is 11.5 Å². The molecule has 4 N–H and O–H groups in total. The highest BCUT2D eigenvalue weighted by atomic mass is 16.5. The first-order chi connectivity index (χ1) is 11.5. The van der Waals surface area contributed by atoms with Crippen molar-refractivity contribution in [1.82, 2.24) is 0 Å². The van der Waals surface area contributed by atoms with Crippen LogP contribution in [0.15, 0.2) is 48.5 Å². The number of anilines is 1. The molecule has 1 atom stereocenters. The SMILES string of the molecule is CC(CCc1ccc(O)cc1)Nc1ccccc1OCCC(N)=O. The molecule has 0 bridgehead atoms. The summed E-state index contributed by atoms with van der Waals surface area (Å²) in [6.45, 7) is 2.39. The molecule has 128 valence electrons. The van der Waals surface area contributed by atoms with Crippen LogP contribution in [0, 0.1) is 0 Å². The van der Waals surface area contributed by atoms with Crippen molar-refractivity contribution in [2.45, 2.75) is 32.2 Å². The van der Waals surface area contributed by atoms with E-state index < -0.39 is 0 Å². The van der Waals surface area contributed by atoms with Gasteiger partial charge in [0.05, 0.1) is 18.7 Å². The molecule has 0 aliphatic rings. The summed E-state index contributed by atoms with van der Waals surface area (Å²) in [4.78, 5) is 10.8. The van der Waals surface area contributed by atoms with Crippen LogP contribution < -0.4 is 15.8 Å². The molecule has 0 radical (unpaired) electrons. The van der Waals surface area contributed by atoms with E-state index in [0.29, 0.717) is 0 Å². The first-order valence-corrected chi connectivity index (χ1v) is 8.09. The zero-order valence-corrected chi connectivity index (χ0v) is 13.9. The predicted octanol–water partition coefficient (Wildman–Crippen LogP) is 3.08. The van der Waals surface area contributed by atoms with E-state index in [4.69, 9.17) is 10.5 Å². The Morgan fingerprint density at radius 2 is 1.92 bits per heavy atom. The van der Waals surface area contributed by atoms with Crippen LogP contribution in [0.3, 0.4) is 0 Å². The third-order valence-corrected chi connectivity index (χ3v) is 3.70. The molecule has 2 aromatic carbocycles. The van der Waals surface area contributed by atoms with Gasteiger partial charge >= 0.3 is 0 Å². The minimum absolute atomic E-state index is 0.199. The zero-order valence-electron chi connectivity index (χ0n) is 13.9. The van der Waals surface area contributed by atoms with Gasteiger partial charge in [0, 0.05) is 6.04 Å². The number of nitrogens with one attached hydrogen (secondary N) is 1. The Bertz CT molecular complexity index is 656. The fraction of sp³-hybridized carbons (Fsp3) is 0.316. The molecule has 5 nitrogen and oxygen atoms in total. The lowest BCUT2D eigenvalue weighted by atomic mass is 10.1. The Labute approximate surface area is 142 Å². The van der Waals surface area contributed by atoms with Gasteiger partial charge in [0.1, 0.15) is 11.5 Å². The summed E-state index contributed by atoms with van der Waals surface area (Å²) < 4.78 is 5.63. The standard InChI is InChI=1S/C19H24N2O3/c1-14(6-7-15-8-10-16(22)11-9-15)21-17-4-2-3-5-18(17)24-13-12-19(20)23/h2-5,8-11,14,21-22H,6-7,12-13H2,1H3,(H2,20,23). The lowest BCUT2D eigenvalue weighted by molar-refractivity contribution is -0.118. The quantitative estimate of drug-likeness (QED) is 0.660. The topological polar surface area (TPSA) is 84.6 Å². The van der Waals surface area contributed by atoms with Gasteiger partial charge in [-0.2, -0.15) is 0 Å². The molecule has 0 aliphatic heterocycles. The van der Waals surface area contributed by atoms with Crippen LogP contribution in [0.25, 0.3) is 0 Å². The highest BCUT2D eigenvalue weighted by Gasteiger charge is 2.08. The Morgan fingerprint density at radius 1 is 1.21 bits per heavy atom. The largest absolute Gasteiger partial charge is 0.508 e. The number of phenolic OH excluding ortho intramolecular Hbond substituents is 1. The molecule has 2 aromatic rings. The van der Waals surface area contributed by atoms with E-state index in [1.54, 1.807) is 12.1 Å². The Hall–Kier alpha value is -2.69. The van der Waals surface area contributed by atoms with Gasteiger partial charge in [0.2, 0.25) is 5.91 Å². The van der Waals surface area contributed by atoms with Crippen LogP contribution >= 0.6 is 0 Å². The number of aryl methyl sites for hydroxylation is 1. The predicted molar refractivity (Wildman–Crippen MR) is 95.3 cm³/mol. The van der Waals surface area contributed by atoms with E-state index in [2.05, 4.69) is 12.2 Å². The van der Waals surface area contributed by atoms with Crippen LogP contribution in [-0.2, 0) is 11.2 Å². The van der Waals surface area contributed by atoms with Crippen molar-refractivity contribution in [2.24, 2.45) is 5.73 Å². The van der Waals surface area contributed by atoms with Crippen molar-refractivity contribution in [3.63, 3.8) is 0 Å². The van der Waals surface area contributed by atoms with Gasteiger partial charge in [-0.3, -0.25) is 4.79 Å². The maximum absolute atomic E-state index is 10.8. The lowest BCUT2D eigenvalue weighted by Gasteiger charge is -2.18. The van der Waals surface area contributed by atoms with Gasteiger partial charge in [0.15, 0.2) is 0 Å². The number of aromatic hydroxyl groups is 1. The molecule has 1 unspecified atom stereocenters. The Balaban J connectivity index is 1.87. The number of amides is 1. The molecule has 0 saturated carbocycles. The van der Waals surface area contributed by atoms with E-state index in [-0.39, 0.29) is 30.7 Å². The second-order valence-electron chi connectivity index (χ2n) is 5.81. The molecular formula is C19H24N2O3. The van der Waals surface area contributed by atoms with Gasteiger partial charge in [-0.15, -0.1) is 0 Å². The molecule has 2 rings (SSSR count). The smallest absolute Gasteiger partial charge is 0.220 e. The fourth-order valence-corrected chi connectivity index (χ4v) is 2.36. The van der Waals surface area contributed by atoms with Gasteiger partial charge in [-0.25, -0.2) is 0 Å². The van der Waals surface area contributed by atoms with Crippen LogP contribution in [0.2, 0.25) is 0 Å². The fourth-order valence-electron chi connectivity index (χ4n) is 2.36. The molecule has 24 heavy (non-hydrogen) atoms. The average molecular weight is 328 g/mol. The molecule has 0 saturated heterocycles. The highest BCUT2D eigenvalue weighted by molar-refractivity contribution is 5.73. The number of phenols is 1. The normalized spacial score (nSPS) is 11.7. The van der Waals surface area contributed by atoms with E-state index in [0.717, 1.165) is 24.3 Å². The summed E-state index contributed by atoms with van der Waals surface area (Å²) in [6.07, 6.45) is 2.06. The zero-order chi connectivity index (χ0) is 17.4. The van der Waals surface area contributed by atoms with Gasteiger partial charge in [-0.1, -0.05) is 24.3 Å². The lowest BCUT2D eigenvalue weighted by Crippen LogP contribution is -2.18. The maximum atomic E-state index is 10.8. The molecule has 0 aliphatic carbocycles. The van der Waals surface area contributed by atoms with Crippen molar-refractivity contribution < 1.29 is 14.6 Å². The van der Waals surface area contributed by atoms with Gasteiger partial charge < -0.3 is 20.9 Å². The van der Waals surface area contributed by atoms with Crippen LogP contribution in [0.1, 0.15) is 25.3 Å². The van der Waals surface area contributed by atoms with E-state index in [1.165, 1.54) is 5.56 Å². The first-order valence-electron chi connectivity index (χ1n) is 8.09. The average Bonchev–Trinajstić information content (AvgIpc) is 2.55. The number of primary amides is 1. The monoisotopic (exact) mass is 328 g/mol. The van der Waals surface area contributed by atoms with E-state index in [9.17, 15) is 9.90 Å². The molecule has 1 amide bonds. The minimum Gasteiger partial charge on any atom is -0.508 e. The number of ether oxygens (including phenoxy) is 1. The van der Waals surface area contributed by atoms with Crippen molar-refractivity contribution in [3.05, 3.63) is 54.1 Å². The molecule has 0 heterocycles. The number of carbonyl (C=O) groups excluding carboxylic acids is 1. The number of nitrogens with two attached hydrogens (primary N) is 1. The molecule has 0 fully saturated rings. The number of para-hydroxylation sites is 2. The maximum Gasteiger partial charge on any atom is 0.220 e. The molecule has 0 aromatic heterocycles. The van der Waals surface area contributed by atoms with Crippen molar-refractivity contribution in [2.75, 3.05) is 11.9 Å². The number of hydrogen-bond donors (Lipinski definition) is 3. The summed E-state index contributed by atoms with van der Waals surface area (Å²) in [5.41, 5.74) is 7.22. The summed E-state index contributed by atoms with van der Waals surface area (Å²) in [7, 11) is 0. The van der Waals surface area contributed by atoms with Crippen molar-refractivity contribution in [1.29, 1.82) is 0 Å². The second kappa shape index (κ2) is 8.82. The van der Waals surface area contributed by atoms with Crippen LogP contribution in [-0.4, -0.2) is 23.7 Å². The van der Waals surface area contributed by atoms with Crippen molar-refractivity contribution >= 4 is 11.6 Å². The number of carbonyl (C=O) groups is 1. The van der Waals surface area contributed by atoms with Crippen LogP contribution in [0.4, 0.5) is 5.69 Å². The number of rotatable bonds is 9. The number of benzene rings is 2. The molecular weight excluding hydrogens is 304 g/mol. The first kappa shape index (κ1) is 17.7. The molecule has 5 heteroatoms. The minimum atomic E-state index is -0.372. The van der Waals surface area contributed by atoms with E-state index >= 15 is 0 Å². The number of hydrogen-bond acceptors (Lipinski definition) is 4. The third-order valence-electron chi connectivity index (χ3n) is 3.70. The summed E-state index contributed by atoms with van der Waals surface area (Å²) in [5.74, 6) is 0.630. The molecule has 0 spiro atoms. The van der Waals surface area contributed by atoms with Gasteiger partial charge in [0.25, 0.3) is 0 Å². The van der Waals surface area contributed by atoms with Gasteiger partial charge in [-0.05, 0) is 49.6 Å². The summed E-state index contributed by atoms with van der Waals surface area (Å²) in [6, 6.07) is 15.2. The Morgan fingerprint density at radius 3 is 2.62 bits per heavy atom. The Kier molecular flexibility index (Phi) is 6.49. The highest BCUT2D eigenvalue weighted by Crippen LogP contribution is 2.25. The van der Waals surface area contributed by atoms with E-state index in [1.807, 2.05) is 36.4 Å². The second-order valence-corrected chi connectivity index (χ2v) is 5.81.